The third-order valence-electron chi connectivity index (χ3n) is 3.39. The van der Waals surface area contributed by atoms with Crippen molar-refractivity contribution in [3.8, 4) is 0 Å². The Hall–Kier alpha value is -0.620. The molecule has 106 valence electrons. The number of nitrogens with one attached hydrogen (secondary N) is 1. The summed E-state index contributed by atoms with van der Waals surface area (Å²) in [5.41, 5.74) is 0. The van der Waals surface area contributed by atoms with Crippen LogP contribution in [-0.4, -0.2) is 44.1 Å². The minimum absolute atomic E-state index is 0.0126. The maximum atomic E-state index is 12.0. The molecule has 0 spiro atoms. The zero-order chi connectivity index (χ0) is 13.6. The van der Waals surface area contributed by atoms with Crippen molar-refractivity contribution in [2.75, 3.05) is 18.8 Å². The lowest BCUT2D eigenvalue weighted by molar-refractivity contribution is -0.133. The number of amides is 1. The van der Waals surface area contributed by atoms with E-state index in [4.69, 9.17) is 0 Å². The Morgan fingerprint density at radius 3 is 2.67 bits per heavy atom. The molecular weight excluding hydrogens is 252 g/mol. The summed E-state index contributed by atoms with van der Waals surface area (Å²) in [4.78, 5) is 13.9. The molecule has 18 heavy (non-hydrogen) atoms. The van der Waals surface area contributed by atoms with Crippen molar-refractivity contribution in [2.45, 2.75) is 52.0 Å². The van der Waals surface area contributed by atoms with Crippen molar-refractivity contribution < 1.29 is 13.2 Å². The molecule has 0 bridgehead atoms. The summed E-state index contributed by atoms with van der Waals surface area (Å²) < 4.78 is 25.0. The highest BCUT2D eigenvalue weighted by Gasteiger charge is 2.26. The number of carbonyl (C=O) groups excluding carboxylic acids is 1. The highest BCUT2D eigenvalue weighted by Crippen LogP contribution is 2.20. The molecule has 1 rings (SSSR count). The number of nitrogens with zero attached hydrogens (tertiary/aromatic N) is 1. The number of sulfonamides is 1. The molecule has 1 saturated heterocycles. The van der Waals surface area contributed by atoms with Gasteiger partial charge in [-0.05, 0) is 32.6 Å². The van der Waals surface area contributed by atoms with Gasteiger partial charge in [-0.25, -0.2) is 13.1 Å². The monoisotopic (exact) mass is 276 g/mol. The van der Waals surface area contributed by atoms with Crippen LogP contribution >= 0.6 is 0 Å². The molecule has 1 unspecified atom stereocenters. The topological polar surface area (TPSA) is 66.5 Å². The summed E-state index contributed by atoms with van der Waals surface area (Å²) in [6.45, 7) is 4.33. The van der Waals surface area contributed by atoms with Gasteiger partial charge in [0.1, 0.15) is 0 Å². The van der Waals surface area contributed by atoms with Gasteiger partial charge < -0.3 is 4.90 Å². The summed E-state index contributed by atoms with van der Waals surface area (Å²) in [6, 6.07) is 0.294. The lowest BCUT2D eigenvalue weighted by Gasteiger charge is -2.35. The summed E-state index contributed by atoms with van der Waals surface area (Å²) in [5, 5.41) is 0. The summed E-state index contributed by atoms with van der Waals surface area (Å²) in [7, 11) is -3.28. The van der Waals surface area contributed by atoms with Crippen molar-refractivity contribution in [3.63, 3.8) is 0 Å². The predicted octanol–water partition coefficient (Wildman–Crippen LogP) is 1.11. The van der Waals surface area contributed by atoms with Crippen LogP contribution in [0.4, 0.5) is 0 Å². The van der Waals surface area contributed by atoms with Crippen LogP contribution in [0.25, 0.3) is 0 Å². The van der Waals surface area contributed by atoms with Crippen LogP contribution in [0, 0.1) is 0 Å². The van der Waals surface area contributed by atoms with Gasteiger partial charge in [0.2, 0.25) is 15.9 Å². The first-order valence-corrected chi connectivity index (χ1v) is 8.42. The van der Waals surface area contributed by atoms with E-state index >= 15 is 0 Å². The molecule has 0 aromatic rings. The third kappa shape index (κ3) is 4.57. The Bertz CT molecular complexity index is 366. The minimum Gasteiger partial charge on any atom is -0.339 e. The van der Waals surface area contributed by atoms with Crippen molar-refractivity contribution in [1.29, 1.82) is 0 Å². The zero-order valence-electron chi connectivity index (χ0n) is 11.3. The highest BCUT2D eigenvalue weighted by atomic mass is 32.2. The second-order valence-corrected chi connectivity index (χ2v) is 6.85. The van der Waals surface area contributed by atoms with Gasteiger partial charge in [-0.15, -0.1) is 0 Å². The van der Waals surface area contributed by atoms with Crippen LogP contribution in [-0.2, 0) is 14.8 Å². The van der Waals surface area contributed by atoms with E-state index in [2.05, 4.69) is 11.6 Å². The van der Waals surface area contributed by atoms with Crippen LogP contribution in [0.15, 0.2) is 0 Å². The molecule has 1 atom stereocenters. The van der Waals surface area contributed by atoms with Crippen LogP contribution < -0.4 is 4.72 Å². The minimum atomic E-state index is -3.28. The molecule has 0 aromatic heterocycles. The van der Waals surface area contributed by atoms with Crippen LogP contribution in [0.2, 0.25) is 0 Å². The highest BCUT2D eigenvalue weighted by molar-refractivity contribution is 7.89. The fraction of sp³-hybridized carbons (Fsp3) is 0.917. The average Bonchev–Trinajstić information content (AvgIpc) is 2.37. The summed E-state index contributed by atoms with van der Waals surface area (Å²) >= 11 is 0. The van der Waals surface area contributed by atoms with Gasteiger partial charge in [-0.1, -0.05) is 13.3 Å². The van der Waals surface area contributed by atoms with Crippen molar-refractivity contribution in [3.05, 3.63) is 0 Å². The number of likely N-dealkylation sites (tertiary alicyclic amines) is 1. The van der Waals surface area contributed by atoms with Crippen molar-refractivity contribution in [1.82, 2.24) is 9.62 Å². The molecule has 0 aliphatic carbocycles. The van der Waals surface area contributed by atoms with Crippen molar-refractivity contribution in [2.24, 2.45) is 0 Å². The molecule has 0 saturated carbocycles. The number of hydrogen-bond acceptors (Lipinski definition) is 3. The van der Waals surface area contributed by atoms with Crippen LogP contribution in [0.1, 0.15) is 46.0 Å². The lowest BCUT2D eigenvalue weighted by Crippen LogP contribution is -2.48. The van der Waals surface area contributed by atoms with E-state index < -0.39 is 10.0 Å². The van der Waals surface area contributed by atoms with E-state index in [1.54, 1.807) is 6.92 Å². The fourth-order valence-electron chi connectivity index (χ4n) is 2.34. The van der Waals surface area contributed by atoms with Gasteiger partial charge in [0.25, 0.3) is 0 Å². The van der Waals surface area contributed by atoms with Gasteiger partial charge in [0.15, 0.2) is 0 Å². The molecule has 5 nitrogen and oxygen atoms in total. The standard InChI is InChI=1S/C12H24N2O3S/c1-3-7-11-8-5-6-9-14(11)12(15)10-13-18(16,17)4-2/h11,13H,3-10H2,1-2H3. The molecule has 6 heteroatoms. The quantitative estimate of drug-likeness (QED) is 0.790. The Morgan fingerprint density at radius 2 is 2.06 bits per heavy atom. The molecule has 1 fully saturated rings. The Balaban J connectivity index is 2.53. The van der Waals surface area contributed by atoms with E-state index in [1.807, 2.05) is 4.90 Å². The number of rotatable bonds is 6. The number of carbonyl (C=O) groups is 1. The normalized spacial score (nSPS) is 21.0. The SMILES string of the molecule is CCCC1CCCCN1C(=O)CNS(=O)(=O)CC. The molecule has 0 radical (unpaired) electrons. The first-order chi connectivity index (χ1) is 8.50. The third-order valence-corrected chi connectivity index (χ3v) is 4.74. The Morgan fingerprint density at radius 1 is 1.33 bits per heavy atom. The second-order valence-electron chi connectivity index (χ2n) is 4.75. The predicted molar refractivity (Wildman–Crippen MR) is 71.7 cm³/mol. The first-order valence-electron chi connectivity index (χ1n) is 6.77. The van der Waals surface area contributed by atoms with Crippen LogP contribution in [0.5, 0.6) is 0 Å². The Kier molecular flexibility index (Phi) is 6.08. The molecule has 1 amide bonds. The van der Waals surface area contributed by atoms with Gasteiger partial charge in [-0.3, -0.25) is 4.79 Å². The van der Waals surface area contributed by atoms with Gasteiger partial charge in [-0.2, -0.15) is 0 Å². The second kappa shape index (κ2) is 7.09. The molecule has 0 aromatic carbocycles. The fourth-order valence-corrected chi connectivity index (χ4v) is 2.89. The first kappa shape index (κ1) is 15.4. The number of piperidine rings is 1. The van der Waals surface area contributed by atoms with E-state index in [-0.39, 0.29) is 18.2 Å². The lowest BCUT2D eigenvalue weighted by atomic mass is 9.98. The maximum Gasteiger partial charge on any atom is 0.237 e. The summed E-state index contributed by atoms with van der Waals surface area (Å²) in [5.74, 6) is -0.0799. The van der Waals surface area contributed by atoms with E-state index in [9.17, 15) is 13.2 Å². The molecule has 1 aliphatic rings. The molecular formula is C12H24N2O3S. The largest absolute Gasteiger partial charge is 0.339 e. The van der Waals surface area contributed by atoms with Crippen molar-refractivity contribution >= 4 is 15.9 Å². The maximum absolute atomic E-state index is 12.0. The summed E-state index contributed by atoms with van der Waals surface area (Å²) in [6.07, 6.45) is 5.28. The Labute approximate surface area is 110 Å². The number of hydrogen-bond donors (Lipinski definition) is 1. The van der Waals surface area contributed by atoms with E-state index in [1.165, 1.54) is 0 Å². The van der Waals surface area contributed by atoms with E-state index in [0.717, 1.165) is 38.6 Å². The van der Waals surface area contributed by atoms with Gasteiger partial charge >= 0.3 is 0 Å². The average molecular weight is 276 g/mol. The molecule has 1 aliphatic heterocycles. The van der Waals surface area contributed by atoms with Gasteiger partial charge in [0, 0.05) is 12.6 Å². The zero-order valence-corrected chi connectivity index (χ0v) is 12.1. The van der Waals surface area contributed by atoms with E-state index in [0.29, 0.717) is 6.04 Å². The van der Waals surface area contributed by atoms with Gasteiger partial charge in [0.05, 0.1) is 12.3 Å². The molecule has 1 heterocycles. The molecule has 1 N–H and O–H groups in total. The van der Waals surface area contributed by atoms with Crippen LogP contribution in [0.3, 0.4) is 0 Å². The smallest absolute Gasteiger partial charge is 0.237 e.